The van der Waals surface area contributed by atoms with Crippen LogP contribution in [-0.2, 0) is 13.5 Å². The van der Waals surface area contributed by atoms with Gasteiger partial charge in [0.25, 0.3) is 0 Å². The minimum Gasteiger partial charge on any atom is -0.339 e. The molecule has 9 heteroatoms. The molecule has 0 saturated heterocycles. The summed E-state index contributed by atoms with van der Waals surface area (Å²) in [6.45, 7) is 0.612. The third-order valence-electron chi connectivity index (χ3n) is 3.42. The first kappa shape index (κ1) is 14.4. The van der Waals surface area contributed by atoms with E-state index in [1.54, 1.807) is 38.0 Å². The third kappa shape index (κ3) is 2.49. The van der Waals surface area contributed by atoms with Crippen molar-refractivity contribution in [2.75, 3.05) is 0 Å². The largest absolute Gasteiger partial charge is 0.339 e. The second-order valence-corrected chi connectivity index (χ2v) is 4.96. The van der Waals surface area contributed by atoms with Crippen LogP contribution in [0.5, 0.6) is 0 Å². The zero-order valence-electron chi connectivity index (χ0n) is 12.3. The molecular formula is C13H14F2N6O. The lowest BCUT2D eigenvalue weighted by Gasteiger charge is -2.01. The second kappa shape index (κ2) is 5.32. The van der Waals surface area contributed by atoms with E-state index in [4.69, 9.17) is 4.52 Å². The highest BCUT2D eigenvalue weighted by Gasteiger charge is 2.20. The van der Waals surface area contributed by atoms with Crippen LogP contribution in [-0.4, -0.2) is 29.7 Å². The molecule has 0 radical (unpaired) electrons. The van der Waals surface area contributed by atoms with Crippen molar-refractivity contribution in [1.82, 2.24) is 29.7 Å². The molecule has 116 valence electrons. The van der Waals surface area contributed by atoms with Crippen molar-refractivity contribution >= 4 is 0 Å². The highest BCUT2D eigenvalue weighted by Crippen LogP contribution is 2.22. The standard InChI is InChI=1S/C13H14F2N6O/c1-7-10(8(2)21(18-7)13(14)15)4-11-17-12(19-22-11)9-5-16-20(3)6-9/h5-6,13H,4H2,1-3H3. The monoisotopic (exact) mass is 308 g/mol. The molecule has 3 heterocycles. The number of hydrogen-bond acceptors (Lipinski definition) is 5. The van der Waals surface area contributed by atoms with Gasteiger partial charge in [-0.1, -0.05) is 5.16 Å². The van der Waals surface area contributed by atoms with Crippen molar-refractivity contribution in [1.29, 1.82) is 0 Å². The maximum Gasteiger partial charge on any atom is 0.333 e. The van der Waals surface area contributed by atoms with Gasteiger partial charge in [0, 0.05) is 24.5 Å². The van der Waals surface area contributed by atoms with Crippen LogP contribution in [0.15, 0.2) is 16.9 Å². The number of hydrogen-bond donors (Lipinski definition) is 0. The van der Waals surface area contributed by atoms with Crippen molar-refractivity contribution in [3.05, 3.63) is 35.2 Å². The molecule has 0 aliphatic carbocycles. The molecule has 0 unspecified atom stereocenters. The molecule has 0 N–H and O–H groups in total. The Morgan fingerprint density at radius 3 is 2.68 bits per heavy atom. The van der Waals surface area contributed by atoms with Crippen LogP contribution in [0.1, 0.15) is 29.4 Å². The van der Waals surface area contributed by atoms with Crippen LogP contribution in [0.2, 0.25) is 0 Å². The zero-order chi connectivity index (χ0) is 15.9. The van der Waals surface area contributed by atoms with Crippen LogP contribution >= 0.6 is 0 Å². The van der Waals surface area contributed by atoms with E-state index in [-0.39, 0.29) is 6.42 Å². The fraction of sp³-hybridized carbons (Fsp3) is 0.385. The summed E-state index contributed by atoms with van der Waals surface area (Å²) in [6, 6.07) is 0. The molecule has 0 spiro atoms. The Morgan fingerprint density at radius 2 is 2.09 bits per heavy atom. The van der Waals surface area contributed by atoms with Crippen molar-refractivity contribution in [3.63, 3.8) is 0 Å². The molecular weight excluding hydrogens is 294 g/mol. The van der Waals surface area contributed by atoms with Gasteiger partial charge in [0.15, 0.2) is 0 Å². The fourth-order valence-corrected chi connectivity index (χ4v) is 2.27. The predicted molar refractivity (Wildman–Crippen MR) is 72.3 cm³/mol. The van der Waals surface area contributed by atoms with Gasteiger partial charge < -0.3 is 4.52 Å². The topological polar surface area (TPSA) is 74.6 Å². The van der Waals surface area contributed by atoms with E-state index >= 15 is 0 Å². The number of rotatable bonds is 4. The molecule has 0 amide bonds. The van der Waals surface area contributed by atoms with E-state index in [0.29, 0.717) is 33.3 Å². The summed E-state index contributed by atoms with van der Waals surface area (Å²) in [5.74, 6) is 0.763. The lowest BCUT2D eigenvalue weighted by molar-refractivity contribution is 0.0540. The molecule has 0 bridgehead atoms. The summed E-state index contributed by atoms with van der Waals surface area (Å²) < 4.78 is 33.2. The molecule has 22 heavy (non-hydrogen) atoms. The van der Waals surface area contributed by atoms with E-state index in [1.807, 2.05) is 0 Å². The Balaban J connectivity index is 1.87. The average molecular weight is 308 g/mol. The van der Waals surface area contributed by atoms with Crippen LogP contribution in [0.3, 0.4) is 0 Å². The van der Waals surface area contributed by atoms with Crippen LogP contribution in [0.4, 0.5) is 8.78 Å². The molecule has 3 aromatic heterocycles. The van der Waals surface area contributed by atoms with E-state index in [9.17, 15) is 8.78 Å². The summed E-state index contributed by atoms with van der Waals surface area (Å²) in [7, 11) is 1.79. The third-order valence-corrected chi connectivity index (χ3v) is 3.42. The van der Waals surface area contributed by atoms with Crippen LogP contribution in [0, 0.1) is 13.8 Å². The first-order valence-electron chi connectivity index (χ1n) is 6.60. The minimum absolute atomic E-state index is 0.262. The Bertz CT molecular complexity index is 803. The molecule has 0 saturated carbocycles. The van der Waals surface area contributed by atoms with Gasteiger partial charge in [-0.25, -0.2) is 4.68 Å². The van der Waals surface area contributed by atoms with Gasteiger partial charge in [-0.15, -0.1) is 0 Å². The van der Waals surface area contributed by atoms with Crippen molar-refractivity contribution in [2.24, 2.45) is 7.05 Å². The van der Waals surface area contributed by atoms with Gasteiger partial charge >= 0.3 is 6.55 Å². The van der Waals surface area contributed by atoms with Gasteiger partial charge in [0.05, 0.1) is 23.9 Å². The lowest BCUT2D eigenvalue weighted by Crippen LogP contribution is -2.03. The van der Waals surface area contributed by atoms with E-state index < -0.39 is 6.55 Å². The first-order chi connectivity index (χ1) is 10.5. The maximum atomic E-state index is 12.8. The van der Waals surface area contributed by atoms with Crippen molar-refractivity contribution in [3.8, 4) is 11.4 Å². The van der Waals surface area contributed by atoms with Crippen LogP contribution in [0.25, 0.3) is 11.4 Å². The normalized spacial score (nSPS) is 11.5. The molecule has 0 aliphatic heterocycles. The Morgan fingerprint density at radius 1 is 1.32 bits per heavy atom. The SMILES string of the molecule is Cc1nn(C(F)F)c(C)c1Cc1nc(-c2cnn(C)c2)no1. The summed E-state index contributed by atoms with van der Waals surface area (Å²) in [6.07, 6.45) is 3.65. The number of aromatic nitrogens is 6. The van der Waals surface area contributed by atoms with Gasteiger partial charge in [0.2, 0.25) is 11.7 Å². The Hall–Kier alpha value is -2.58. The molecule has 0 fully saturated rings. The molecule has 3 aromatic rings. The molecule has 0 atom stereocenters. The Kier molecular flexibility index (Phi) is 3.47. The van der Waals surface area contributed by atoms with Gasteiger partial charge in [0.1, 0.15) is 0 Å². The van der Waals surface area contributed by atoms with E-state index in [0.717, 1.165) is 5.56 Å². The fourth-order valence-electron chi connectivity index (χ4n) is 2.27. The molecule has 7 nitrogen and oxygen atoms in total. The van der Waals surface area contributed by atoms with E-state index in [2.05, 4.69) is 20.3 Å². The van der Waals surface area contributed by atoms with Gasteiger partial charge in [-0.05, 0) is 13.8 Å². The van der Waals surface area contributed by atoms with Crippen molar-refractivity contribution in [2.45, 2.75) is 26.8 Å². The highest BCUT2D eigenvalue weighted by molar-refractivity contribution is 5.51. The van der Waals surface area contributed by atoms with Gasteiger partial charge in [-0.3, -0.25) is 4.68 Å². The molecule has 3 rings (SSSR count). The summed E-state index contributed by atoms with van der Waals surface area (Å²) in [4.78, 5) is 4.27. The number of aryl methyl sites for hydroxylation is 2. The van der Waals surface area contributed by atoms with Crippen molar-refractivity contribution < 1.29 is 13.3 Å². The smallest absolute Gasteiger partial charge is 0.333 e. The minimum atomic E-state index is -2.67. The summed E-state index contributed by atoms with van der Waals surface area (Å²) in [5.41, 5.74) is 2.32. The number of nitrogens with zero attached hydrogens (tertiary/aromatic N) is 6. The summed E-state index contributed by atoms with van der Waals surface area (Å²) >= 11 is 0. The summed E-state index contributed by atoms with van der Waals surface area (Å²) in [5, 5.41) is 11.8. The average Bonchev–Trinajstić information content (AvgIpc) is 3.14. The quantitative estimate of drug-likeness (QED) is 0.739. The first-order valence-corrected chi connectivity index (χ1v) is 6.60. The Labute approximate surface area is 124 Å². The highest BCUT2D eigenvalue weighted by atomic mass is 19.3. The predicted octanol–water partition coefficient (Wildman–Crippen LogP) is 2.27. The number of halogens is 2. The second-order valence-electron chi connectivity index (χ2n) is 4.96. The lowest BCUT2D eigenvalue weighted by atomic mass is 10.1. The number of alkyl halides is 2. The molecule has 0 aromatic carbocycles. The molecule has 0 aliphatic rings. The van der Waals surface area contributed by atoms with Gasteiger partial charge in [-0.2, -0.15) is 24.0 Å². The van der Waals surface area contributed by atoms with E-state index in [1.165, 1.54) is 0 Å². The van der Waals surface area contributed by atoms with Crippen LogP contribution < -0.4 is 0 Å². The maximum absolute atomic E-state index is 12.8. The zero-order valence-corrected chi connectivity index (χ0v) is 12.3.